The lowest BCUT2D eigenvalue weighted by Crippen LogP contribution is -2.47. The van der Waals surface area contributed by atoms with Crippen LogP contribution >= 0.6 is 15.9 Å². The molecule has 2 heterocycles. The molecule has 0 radical (unpaired) electrons. The number of H-pyrrole nitrogens is 1. The van der Waals surface area contributed by atoms with Crippen LogP contribution in [0.15, 0.2) is 33.9 Å². The van der Waals surface area contributed by atoms with Gasteiger partial charge in [-0.3, -0.25) is 4.99 Å². The van der Waals surface area contributed by atoms with E-state index in [9.17, 15) is 0 Å². The number of nitrogens with zero attached hydrogens (tertiary/aromatic N) is 2. The van der Waals surface area contributed by atoms with Gasteiger partial charge in [-0.05, 0) is 31.0 Å². The summed E-state index contributed by atoms with van der Waals surface area (Å²) in [6.45, 7) is 5.09. The number of morpholine rings is 1. The van der Waals surface area contributed by atoms with Gasteiger partial charge in [-0.2, -0.15) is 0 Å². The van der Waals surface area contributed by atoms with Gasteiger partial charge in [0.15, 0.2) is 5.96 Å². The van der Waals surface area contributed by atoms with Crippen molar-refractivity contribution < 1.29 is 4.74 Å². The smallest absolute Gasteiger partial charge is 0.191 e. The maximum atomic E-state index is 6.10. The van der Waals surface area contributed by atoms with Crippen LogP contribution in [0.5, 0.6) is 0 Å². The minimum Gasteiger partial charge on any atom is -0.375 e. The van der Waals surface area contributed by atoms with Crippen LogP contribution in [-0.2, 0) is 11.2 Å². The van der Waals surface area contributed by atoms with Crippen LogP contribution in [0.25, 0.3) is 10.9 Å². The summed E-state index contributed by atoms with van der Waals surface area (Å²) >= 11 is 3.61. The number of ether oxygens (including phenoxy) is 1. The molecule has 0 bridgehead atoms. The van der Waals surface area contributed by atoms with Crippen LogP contribution in [0.1, 0.15) is 12.5 Å². The number of nitrogens with two attached hydrogens (primary N) is 1. The van der Waals surface area contributed by atoms with Crippen molar-refractivity contribution in [1.29, 1.82) is 0 Å². The Morgan fingerprint density at radius 3 is 3.23 bits per heavy atom. The highest BCUT2D eigenvalue weighted by molar-refractivity contribution is 9.10. The Kier molecular flexibility index (Phi) is 4.69. The Hall–Kier alpha value is -1.53. The van der Waals surface area contributed by atoms with Gasteiger partial charge in [0.1, 0.15) is 0 Å². The largest absolute Gasteiger partial charge is 0.375 e. The number of nitrogens with one attached hydrogen (secondary N) is 1. The first-order valence-corrected chi connectivity index (χ1v) is 8.35. The molecule has 5 nitrogen and oxygen atoms in total. The van der Waals surface area contributed by atoms with Gasteiger partial charge in [-0.1, -0.05) is 22.0 Å². The van der Waals surface area contributed by atoms with Crippen molar-refractivity contribution in [2.24, 2.45) is 10.7 Å². The predicted octanol–water partition coefficient (Wildman–Crippen LogP) is 2.51. The van der Waals surface area contributed by atoms with Crippen LogP contribution in [0, 0.1) is 0 Å². The maximum absolute atomic E-state index is 6.10. The van der Waals surface area contributed by atoms with Crippen molar-refractivity contribution in [3.63, 3.8) is 0 Å². The van der Waals surface area contributed by atoms with Gasteiger partial charge in [0.25, 0.3) is 0 Å². The molecule has 22 heavy (non-hydrogen) atoms. The lowest BCUT2D eigenvalue weighted by molar-refractivity contribution is 0.00530. The zero-order valence-electron chi connectivity index (χ0n) is 12.7. The van der Waals surface area contributed by atoms with Crippen molar-refractivity contribution in [1.82, 2.24) is 9.88 Å². The normalized spacial score (nSPS) is 19.8. The number of aromatic nitrogens is 1. The van der Waals surface area contributed by atoms with Crippen molar-refractivity contribution in [3.05, 3.63) is 34.4 Å². The summed E-state index contributed by atoms with van der Waals surface area (Å²) in [6, 6.07) is 6.17. The van der Waals surface area contributed by atoms with Gasteiger partial charge in [-0.25, -0.2) is 0 Å². The van der Waals surface area contributed by atoms with Crippen molar-refractivity contribution in [2.45, 2.75) is 19.4 Å². The number of hydrogen-bond donors (Lipinski definition) is 2. The van der Waals surface area contributed by atoms with Crippen LogP contribution in [0.3, 0.4) is 0 Å². The van der Waals surface area contributed by atoms with E-state index in [1.807, 2.05) is 6.07 Å². The Morgan fingerprint density at radius 1 is 1.55 bits per heavy atom. The fraction of sp³-hybridized carbons (Fsp3) is 0.438. The van der Waals surface area contributed by atoms with E-state index in [-0.39, 0.29) is 6.10 Å². The van der Waals surface area contributed by atoms with E-state index in [1.165, 1.54) is 10.9 Å². The number of fused-ring (bicyclic) bond motifs is 1. The van der Waals surface area contributed by atoms with Gasteiger partial charge >= 0.3 is 0 Å². The van der Waals surface area contributed by atoms with Crippen molar-refractivity contribution in [2.75, 3.05) is 26.2 Å². The summed E-state index contributed by atoms with van der Waals surface area (Å²) in [5.41, 5.74) is 8.50. The number of guanidine groups is 1. The van der Waals surface area contributed by atoms with E-state index in [2.05, 4.69) is 56.1 Å². The molecule has 0 saturated carbocycles. The highest BCUT2D eigenvalue weighted by atomic mass is 79.9. The summed E-state index contributed by atoms with van der Waals surface area (Å²) in [5.74, 6) is 0.619. The number of benzene rings is 1. The molecule has 3 N–H and O–H groups in total. The van der Waals surface area contributed by atoms with Crippen LogP contribution in [-0.4, -0.2) is 48.2 Å². The first kappa shape index (κ1) is 15.4. The summed E-state index contributed by atoms with van der Waals surface area (Å²) < 4.78 is 6.63. The van der Waals surface area contributed by atoms with Crippen LogP contribution in [0.2, 0.25) is 0 Å². The maximum Gasteiger partial charge on any atom is 0.191 e. The zero-order chi connectivity index (χ0) is 15.5. The van der Waals surface area contributed by atoms with E-state index >= 15 is 0 Å². The quantitative estimate of drug-likeness (QED) is 0.649. The number of rotatable bonds is 3. The van der Waals surface area contributed by atoms with E-state index < -0.39 is 0 Å². The summed E-state index contributed by atoms with van der Waals surface area (Å²) in [6.07, 6.45) is 3.13. The molecule has 0 amide bonds. The number of aliphatic imine (C=N–C) groups is 1. The third-order valence-corrected chi connectivity index (χ3v) is 4.62. The zero-order valence-corrected chi connectivity index (χ0v) is 14.3. The van der Waals surface area contributed by atoms with E-state index in [0.717, 1.165) is 29.5 Å². The van der Waals surface area contributed by atoms with E-state index in [4.69, 9.17) is 10.5 Å². The fourth-order valence-electron chi connectivity index (χ4n) is 2.82. The van der Waals surface area contributed by atoms with E-state index in [1.54, 1.807) is 0 Å². The molecule has 2 aromatic rings. The molecule has 1 aliphatic heterocycles. The second-order valence-electron chi connectivity index (χ2n) is 5.59. The molecule has 1 atom stereocenters. The molecule has 3 rings (SSSR count). The topological polar surface area (TPSA) is 66.6 Å². The van der Waals surface area contributed by atoms with Gasteiger partial charge in [-0.15, -0.1) is 0 Å². The first-order valence-electron chi connectivity index (χ1n) is 7.56. The third-order valence-electron chi connectivity index (χ3n) is 3.96. The molecule has 0 spiro atoms. The number of hydrogen-bond acceptors (Lipinski definition) is 2. The third kappa shape index (κ3) is 3.28. The average Bonchev–Trinajstić information content (AvgIpc) is 2.92. The average molecular weight is 365 g/mol. The second kappa shape index (κ2) is 6.71. The molecule has 1 aliphatic rings. The fourth-order valence-corrected chi connectivity index (χ4v) is 3.44. The molecule has 1 unspecified atom stereocenters. The molecule has 1 saturated heterocycles. The molecule has 118 valence electrons. The molecule has 1 aromatic carbocycles. The minimum absolute atomic E-state index is 0.215. The summed E-state index contributed by atoms with van der Waals surface area (Å²) in [7, 11) is 0. The van der Waals surface area contributed by atoms with Gasteiger partial charge in [0.2, 0.25) is 0 Å². The lowest BCUT2D eigenvalue weighted by Gasteiger charge is -2.31. The Labute approximate surface area is 138 Å². The molecule has 1 fully saturated rings. The van der Waals surface area contributed by atoms with Crippen molar-refractivity contribution >= 4 is 32.8 Å². The molecular weight excluding hydrogens is 344 g/mol. The van der Waals surface area contributed by atoms with Crippen molar-refractivity contribution in [3.8, 4) is 0 Å². The minimum atomic E-state index is 0.215. The first-order chi connectivity index (χ1) is 10.6. The van der Waals surface area contributed by atoms with Gasteiger partial charge < -0.3 is 20.4 Å². The summed E-state index contributed by atoms with van der Waals surface area (Å²) in [5, 5.41) is 1.23. The SMILES string of the molecule is CC1CN(C(N)=NCCc2c[nH]c3cccc(Br)c23)CCO1. The number of halogens is 1. The number of aromatic amines is 1. The van der Waals surface area contributed by atoms with Gasteiger partial charge in [0.05, 0.1) is 12.7 Å². The Morgan fingerprint density at radius 2 is 2.41 bits per heavy atom. The Balaban J connectivity index is 1.65. The highest BCUT2D eigenvalue weighted by Gasteiger charge is 2.17. The summed E-state index contributed by atoms with van der Waals surface area (Å²) in [4.78, 5) is 9.93. The predicted molar refractivity (Wildman–Crippen MR) is 93.2 cm³/mol. The highest BCUT2D eigenvalue weighted by Crippen LogP contribution is 2.27. The van der Waals surface area contributed by atoms with Crippen LogP contribution < -0.4 is 5.73 Å². The molecular formula is C16H21BrN4O. The van der Waals surface area contributed by atoms with Gasteiger partial charge in [0, 0.05) is 41.2 Å². The van der Waals surface area contributed by atoms with Crippen LogP contribution in [0.4, 0.5) is 0 Å². The second-order valence-corrected chi connectivity index (χ2v) is 6.45. The Bertz CT molecular complexity index is 682. The lowest BCUT2D eigenvalue weighted by atomic mass is 10.1. The molecule has 6 heteroatoms. The monoisotopic (exact) mass is 364 g/mol. The standard InChI is InChI=1S/C16H21BrN4O/c1-11-10-21(7-8-22-11)16(18)19-6-5-12-9-20-14-4-2-3-13(17)15(12)14/h2-4,9,11,20H,5-8,10H2,1H3,(H2,18,19). The van der Waals surface area contributed by atoms with E-state index in [0.29, 0.717) is 19.1 Å². The molecule has 0 aliphatic carbocycles. The molecule has 1 aromatic heterocycles.